The Bertz CT molecular complexity index is 476. The van der Waals surface area contributed by atoms with Crippen LogP contribution >= 0.6 is 11.6 Å². The van der Waals surface area contributed by atoms with E-state index in [4.69, 9.17) is 11.6 Å². The number of nitro benzene ring substituents is 1. The first-order valence-corrected chi connectivity index (χ1v) is 6.56. The second kappa shape index (κ2) is 6.16. The average molecular weight is 288 g/mol. The maximum atomic E-state index is 13.3. The van der Waals surface area contributed by atoms with Crippen LogP contribution in [0.1, 0.15) is 19.3 Å². The monoisotopic (exact) mass is 287 g/mol. The van der Waals surface area contributed by atoms with E-state index in [1.165, 1.54) is 6.07 Å². The van der Waals surface area contributed by atoms with Crippen LogP contribution < -0.4 is 10.6 Å². The Hall–Kier alpha value is -1.40. The lowest BCUT2D eigenvalue weighted by Crippen LogP contribution is -2.22. The van der Waals surface area contributed by atoms with Gasteiger partial charge in [-0.3, -0.25) is 10.1 Å². The normalized spacial score (nSPS) is 19.8. The van der Waals surface area contributed by atoms with Crippen molar-refractivity contribution in [2.75, 3.05) is 18.4 Å². The highest BCUT2D eigenvalue weighted by Crippen LogP contribution is 2.31. The number of nitro groups is 1. The van der Waals surface area contributed by atoms with Crippen LogP contribution in [0.3, 0.4) is 0 Å². The lowest BCUT2D eigenvalue weighted by Gasteiger charge is -2.17. The molecule has 0 amide bonds. The fourth-order valence-electron chi connectivity index (χ4n) is 2.19. The first-order valence-electron chi connectivity index (χ1n) is 6.18. The molecular formula is C12H15ClFN3O2. The fourth-order valence-corrected chi connectivity index (χ4v) is 2.35. The largest absolute Gasteiger partial charge is 0.377 e. The highest BCUT2D eigenvalue weighted by molar-refractivity contribution is 6.31. The molecule has 1 unspecified atom stereocenters. The van der Waals surface area contributed by atoms with Crippen LogP contribution in [-0.2, 0) is 0 Å². The van der Waals surface area contributed by atoms with Gasteiger partial charge in [0.15, 0.2) is 0 Å². The predicted octanol–water partition coefficient (Wildman–Crippen LogP) is 2.94. The molecule has 0 aromatic heterocycles. The summed E-state index contributed by atoms with van der Waals surface area (Å²) in [6, 6.07) is 2.28. The molecule has 0 radical (unpaired) electrons. The molecule has 0 bridgehead atoms. The zero-order chi connectivity index (χ0) is 13.8. The molecular weight excluding hydrogens is 273 g/mol. The molecule has 0 saturated carbocycles. The maximum Gasteiger partial charge on any atom is 0.295 e. The van der Waals surface area contributed by atoms with E-state index in [0.29, 0.717) is 0 Å². The van der Waals surface area contributed by atoms with Crippen LogP contribution in [0, 0.1) is 15.9 Å². The van der Waals surface area contributed by atoms with Gasteiger partial charge < -0.3 is 10.6 Å². The Kier molecular flexibility index (Phi) is 4.55. The van der Waals surface area contributed by atoms with Crippen LogP contribution in [-0.4, -0.2) is 24.1 Å². The number of anilines is 1. The smallest absolute Gasteiger partial charge is 0.295 e. The Morgan fingerprint density at radius 3 is 2.95 bits per heavy atom. The Morgan fingerprint density at radius 2 is 2.21 bits per heavy atom. The first kappa shape index (κ1) is 14.0. The van der Waals surface area contributed by atoms with E-state index in [2.05, 4.69) is 10.6 Å². The van der Waals surface area contributed by atoms with E-state index in [0.717, 1.165) is 38.4 Å². The van der Waals surface area contributed by atoms with E-state index in [9.17, 15) is 14.5 Å². The summed E-state index contributed by atoms with van der Waals surface area (Å²) < 4.78 is 13.3. The molecule has 1 saturated heterocycles. The number of hydrogen-bond donors (Lipinski definition) is 2. The lowest BCUT2D eigenvalue weighted by molar-refractivity contribution is -0.384. The van der Waals surface area contributed by atoms with Crippen molar-refractivity contribution in [3.05, 3.63) is 33.1 Å². The van der Waals surface area contributed by atoms with Crippen LogP contribution in [0.15, 0.2) is 12.1 Å². The SMILES string of the molecule is O=[N+]([O-])c1cc(F)c(Cl)cc1NC1CCCNCC1. The van der Waals surface area contributed by atoms with Gasteiger partial charge in [-0.1, -0.05) is 11.6 Å². The van der Waals surface area contributed by atoms with E-state index in [-0.39, 0.29) is 22.4 Å². The van der Waals surface area contributed by atoms with Gasteiger partial charge in [-0.25, -0.2) is 4.39 Å². The molecule has 5 nitrogen and oxygen atoms in total. The van der Waals surface area contributed by atoms with Gasteiger partial charge in [-0.05, 0) is 38.4 Å². The van der Waals surface area contributed by atoms with Crippen molar-refractivity contribution in [1.82, 2.24) is 5.32 Å². The minimum atomic E-state index is -0.776. The number of nitrogens with one attached hydrogen (secondary N) is 2. The maximum absolute atomic E-state index is 13.3. The summed E-state index contributed by atoms with van der Waals surface area (Å²) in [4.78, 5) is 10.3. The molecule has 1 aliphatic heterocycles. The fraction of sp³-hybridized carbons (Fsp3) is 0.500. The molecule has 1 aromatic rings. The number of rotatable bonds is 3. The molecule has 0 spiro atoms. The number of hydrogen-bond acceptors (Lipinski definition) is 4. The Morgan fingerprint density at radius 1 is 1.42 bits per heavy atom. The topological polar surface area (TPSA) is 67.2 Å². The van der Waals surface area contributed by atoms with Crippen LogP contribution in [0.25, 0.3) is 0 Å². The van der Waals surface area contributed by atoms with Crippen LogP contribution in [0.2, 0.25) is 5.02 Å². The molecule has 0 aliphatic carbocycles. The molecule has 1 aliphatic rings. The molecule has 2 rings (SSSR count). The summed E-state index contributed by atoms with van der Waals surface area (Å²) in [5.41, 5.74) is 0.00223. The van der Waals surface area contributed by atoms with Gasteiger partial charge in [0.2, 0.25) is 0 Å². The third-order valence-corrected chi connectivity index (χ3v) is 3.46. The van der Waals surface area contributed by atoms with Crippen LogP contribution in [0.4, 0.5) is 15.8 Å². The van der Waals surface area contributed by atoms with Crippen molar-refractivity contribution >= 4 is 23.0 Å². The van der Waals surface area contributed by atoms with E-state index in [1.807, 2.05) is 0 Å². The van der Waals surface area contributed by atoms with E-state index >= 15 is 0 Å². The molecule has 1 fully saturated rings. The second-order valence-electron chi connectivity index (χ2n) is 4.56. The van der Waals surface area contributed by atoms with Crippen molar-refractivity contribution in [2.45, 2.75) is 25.3 Å². The zero-order valence-electron chi connectivity index (χ0n) is 10.3. The van der Waals surface area contributed by atoms with Gasteiger partial charge in [-0.2, -0.15) is 0 Å². The molecule has 1 atom stereocenters. The number of benzene rings is 1. The molecule has 7 heteroatoms. The van der Waals surface area contributed by atoms with Crippen molar-refractivity contribution in [3.8, 4) is 0 Å². The van der Waals surface area contributed by atoms with Crippen molar-refractivity contribution in [1.29, 1.82) is 0 Å². The van der Waals surface area contributed by atoms with Gasteiger partial charge in [0, 0.05) is 6.04 Å². The predicted molar refractivity (Wildman–Crippen MR) is 72.2 cm³/mol. The van der Waals surface area contributed by atoms with Gasteiger partial charge in [0.25, 0.3) is 5.69 Å². The first-order chi connectivity index (χ1) is 9.08. The number of nitrogens with zero attached hydrogens (tertiary/aromatic N) is 1. The Balaban J connectivity index is 2.22. The number of halogens is 2. The molecule has 1 aromatic carbocycles. The summed E-state index contributed by atoms with van der Waals surface area (Å²) in [6.45, 7) is 1.81. The summed E-state index contributed by atoms with van der Waals surface area (Å²) in [6.07, 6.45) is 2.78. The van der Waals surface area contributed by atoms with E-state index in [1.54, 1.807) is 0 Å². The van der Waals surface area contributed by atoms with Gasteiger partial charge in [0.1, 0.15) is 11.5 Å². The lowest BCUT2D eigenvalue weighted by atomic mass is 10.1. The van der Waals surface area contributed by atoms with Crippen molar-refractivity contribution in [2.24, 2.45) is 0 Å². The summed E-state index contributed by atoms with van der Waals surface area (Å²) >= 11 is 5.69. The summed E-state index contributed by atoms with van der Waals surface area (Å²) in [7, 11) is 0. The van der Waals surface area contributed by atoms with E-state index < -0.39 is 10.7 Å². The molecule has 104 valence electrons. The minimum absolute atomic E-state index is 0.111. The zero-order valence-corrected chi connectivity index (χ0v) is 11.0. The summed E-state index contributed by atoms with van der Waals surface area (Å²) in [5, 5.41) is 17.2. The van der Waals surface area contributed by atoms with Gasteiger partial charge in [-0.15, -0.1) is 0 Å². The quantitative estimate of drug-likeness (QED) is 0.662. The molecule has 1 heterocycles. The average Bonchev–Trinajstić information content (AvgIpc) is 2.62. The Labute approximate surface area is 115 Å². The third-order valence-electron chi connectivity index (χ3n) is 3.17. The second-order valence-corrected chi connectivity index (χ2v) is 4.97. The summed E-state index contributed by atoms with van der Waals surface area (Å²) in [5.74, 6) is -0.776. The van der Waals surface area contributed by atoms with Crippen LogP contribution in [0.5, 0.6) is 0 Å². The highest BCUT2D eigenvalue weighted by atomic mass is 35.5. The molecule has 2 N–H and O–H groups in total. The third kappa shape index (κ3) is 3.54. The van der Waals surface area contributed by atoms with Crippen molar-refractivity contribution < 1.29 is 9.31 Å². The van der Waals surface area contributed by atoms with Gasteiger partial charge >= 0.3 is 0 Å². The molecule has 19 heavy (non-hydrogen) atoms. The standard InChI is InChI=1S/C12H15ClFN3O2/c13-9-6-11(12(17(18)19)7-10(9)14)16-8-2-1-4-15-5-3-8/h6-8,15-16H,1-5H2. The van der Waals surface area contributed by atoms with Crippen molar-refractivity contribution in [3.63, 3.8) is 0 Å². The van der Waals surface area contributed by atoms with Gasteiger partial charge in [0.05, 0.1) is 16.0 Å². The minimum Gasteiger partial charge on any atom is -0.377 e. The highest BCUT2D eigenvalue weighted by Gasteiger charge is 2.21.